The Bertz CT molecular complexity index is 882. The number of carbonyl (C=O) groups is 1. The Hall–Kier alpha value is -1.58. The van der Waals surface area contributed by atoms with Gasteiger partial charge in [-0.3, -0.25) is 9.69 Å². The van der Waals surface area contributed by atoms with Crippen LogP contribution in [0, 0.1) is 10.5 Å². The summed E-state index contributed by atoms with van der Waals surface area (Å²) in [6, 6.07) is 13.7. The first kappa shape index (κ1) is 19.2. The Kier molecular flexibility index (Phi) is 6.20. The molecule has 0 saturated carbocycles. The van der Waals surface area contributed by atoms with Crippen molar-refractivity contribution < 1.29 is 9.53 Å². The normalized spacial score (nSPS) is 15.7. The molecule has 1 fully saturated rings. The number of carbonyl (C=O) groups excluding carboxylic acids is 1. The van der Waals surface area contributed by atoms with Crippen molar-refractivity contribution in [2.75, 3.05) is 19.1 Å². The zero-order valence-corrected chi connectivity index (χ0v) is 18.1. The number of ether oxygens (including phenoxy) is 1. The fourth-order valence-electron chi connectivity index (χ4n) is 2.48. The Morgan fingerprint density at radius 3 is 2.65 bits per heavy atom. The molecule has 0 bridgehead atoms. The predicted octanol–water partition coefficient (Wildman–Crippen LogP) is 4.88. The van der Waals surface area contributed by atoms with Gasteiger partial charge in [-0.15, -0.1) is 0 Å². The Morgan fingerprint density at radius 2 is 2.00 bits per heavy atom. The van der Waals surface area contributed by atoms with E-state index >= 15 is 0 Å². The second-order valence-corrected chi connectivity index (χ2v) is 8.60. The summed E-state index contributed by atoms with van der Waals surface area (Å²) in [5, 5.41) is 3.30. The van der Waals surface area contributed by atoms with Crippen LogP contribution in [0.4, 0.5) is 5.69 Å². The van der Waals surface area contributed by atoms with E-state index in [4.69, 9.17) is 17.0 Å². The highest BCUT2D eigenvalue weighted by atomic mass is 127. The standard InChI is InChI=1S/C19H17IN2O2S2/c1-12-9-14(20)5-8-16(12)21-11-22-18(23)17(26-19(22)25)10-13-3-6-15(24-2)7-4-13/h3-10,21H,11H2,1-2H3. The van der Waals surface area contributed by atoms with Gasteiger partial charge in [-0.2, -0.15) is 0 Å². The van der Waals surface area contributed by atoms with Crippen LogP contribution < -0.4 is 10.1 Å². The lowest BCUT2D eigenvalue weighted by atomic mass is 10.2. The molecular formula is C19H17IN2O2S2. The first-order valence-electron chi connectivity index (χ1n) is 7.87. The number of aryl methyl sites for hydroxylation is 1. The summed E-state index contributed by atoms with van der Waals surface area (Å²) < 4.78 is 6.89. The average Bonchev–Trinajstić information content (AvgIpc) is 2.88. The van der Waals surface area contributed by atoms with Gasteiger partial charge in [0.05, 0.1) is 18.7 Å². The second kappa shape index (κ2) is 8.41. The highest BCUT2D eigenvalue weighted by Crippen LogP contribution is 2.32. The maximum absolute atomic E-state index is 12.7. The van der Waals surface area contributed by atoms with Crippen LogP contribution in [0.1, 0.15) is 11.1 Å². The molecule has 0 radical (unpaired) electrons. The fourth-order valence-corrected chi connectivity index (χ4v) is 4.38. The Labute approximate surface area is 176 Å². The van der Waals surface area contributed by atoms with Gasteiger partial charge in [-0.1, -0.05) is 36.1 Å². The molecule has 0 unspecified atom stereocenters. The summed E-state index contributed by atoms with van der Waals surface area (Å²) in [6.45, 7) is 2.39. The van der Waals surface area contributed by atoms with Crippen molar-refractivity contribution in [2.45, 2.75) is 6.92 Å². The largest absolute Gasteiger partial charge is 0.497 e. The lowest BCUT2D eigenvalue weighted by Crippen LogP contribution is -2.33. The zero-order chi connectivity index (χ0) is 18.7. The van der Waals surface area contributed by atoms with Crippen LogP contribution in [0.15, 0.2) is 47.4 Å². The van der Waals surface area contributed by atoms with E-state index in [1.54, 1.807) is 12.0 Å². The van der Waals surface area contributed by atoms with Crippen LogP contribution in [0.2, 0.25) is 0 Å². The van der Waals surface area contributed by atoms with E-state index in [0.717, 1.165) is 22.6 Å². The number of thiocarbonyl (C=S) groups is 1. The van der Waals surface area contributed by atoms with E-state index in [2.05, 4.69) is 34.0 Å². The molecule has 0 aromatic heterocycles. The van der Waals surface area contributed by atoms with Gasteiger partial charge >= 0.3 is 0 Å². The van der Waals surface area contributed by atoms with Gasteiger partial charge in [-0.05, 0) is 77.0 Å². The summed E-state index contributed by atoms with van der Waals surface area (Å²) in [5.74, 6) is 0.707. The number of methoxy groups -OCH3 is 1. The SMILES string of the molecule is COc1ccc(C=C2SC(=S)N(CNc3ccc(I)cc3C)C2=O)cc1. The van der Waals surface area contributed by atoms with Gasteiger partial charge < -0.3 is 10.1 Å². The smallest absolute Gasteiger partial charge is 0.267 e. The average molecular weight is 496 g/mol. The van der Waals surface area contributed by atoms with Crippen molar-refractivity contribution in [1.82, 2.24) is 4.90 Å². The number of nitrogens with zero attached hydrogens (tertiary/aromatic N) is 1. The topological polar surface area (TPSA) is 41.6 Å². The van der Waals surface area contributed by atoms with Crippen molar-refractivity contribution in [3.63, 3.8) is 0 Å². The molecule has 1 saturated heterocycles. The molecule has 1 amide bonds. The number of hydrogen-bond donors (Lipinski definition) is 1. The van der Waals surface area contributed by atoms with Crippen LogP contribution in [-0.4, -0.2) is 28.9 Å². The van der Waals surface area contributed by atoms with Crippen LogP contribution in [0.3, 0.4) is 0 Å². The molecule has 1 aliphatic heterocycles. The predicted molar refractivity (Wildman–Crippen MR) is 120 cm³/mol. The van der Waals surface area contributed by atoms with Crippen molar-refractivity contribution in [2.24, 2.45) is 0 Å². The minimum Gasteiger partial charge on any atom is -0.497 e. The Balaban J connectivity index is 1.70. The number of nitrogens with one attached hydrogen (secondary N) is 1. The number of hydrogen-bond acceptors (Lipinski definition) is 5. The lowest BCUT2D eigenvalue weighted by Gasteiger charge is -2.17. The molecule has 3 rings (SSSR count). The molecule has 7 heteroatoms. The van der Waals surface area contributed by atoms with E-state index in [0.29, 0.717) is 15.9 Å². The molecule has 26 heavy (non-hydrogen) atoms. The summed E-state index contributed by atoms with van der Waals surface area (Å²) in [7, 11) is 1.63. The first-order valence-corrected chi connectivity index (χ1v) is 10.2. The minimum absolute atomic E-state index is 0.0773. The summed E-state index contributed by atoms with van der Waals surface area (Å²) >= 11 is 8.99. The van der Waals surface area contributed by atoms with Gasteiger partial charge in [0, 0.05) is 9.26 Å². The van der Waals surface area contributed by atoms with Crippen molar-refractivity contribution in [3.8, 4) is 5.75 Å². The molecule has 134 valence electrons. The third-order valence-corrected chi connectivity index (χ3v) is 5.95. The maximum atomic E-state index is 12.7. The van der Waals surface area contributed by atoms with E-state index in [1.165, 1.54) is 15.3 Å². The molecule has 0 spiro atoms. The maximum Gasteiger partial charge on any atom is 0.267 e. The van der Waals surface area contributed by atoms with Crippen LogP contribution in [-0.2, 0) is 4.79 Å². The van der Waals surface area contributed by atoms with Crippen LogP contribution in [0.25, 0.3) is 6.08 Å². The highest BCUT2D eigenvalue weighted by Gasteiger charge is 2.31. The number of thioether (sulfide) groups is 1. The van der Waals surface area contributed by atoms with Crippen molar-refractivity contribution in [3.05, 3.63) is 62.1 Å². The van der Waals surface area contributed by atoms with Crippen molar-refractivity contribution in [1.29, 1.82) is 0 Å². The molecular weight excluding hydrogens is 479 g/mol. The van der Waals surface area contributed by atoms with E-state index in [-0.39, 0.29) is 5.91 Å². The molecule has 1 heterocycles. The van der Waals surface area contributed by atoms with Gasteiger partial charge in [0.15, 0.2) is 0 Å². The minimum atomic E-state index is -0.0773. The monoisotopic (exact) mass is 496 g/mol. The van der Waals surface area contributed by atoms with E-state index in [9.17, 15) is 4.79 Å². The van der Waals surface area contributed by atoms with E-state index < -0.39 is 0 Å². The zero-order valence-electron chi connectivity index (χ0n) is 14.3. The lowest BCUT2D eigenvalue weighted by molar-refractivity contribution is -0.121. The van der Waals surface area contributed by atoms with E-state index in [1.807, 2.05) is 49.4 Å². The number of anilines is 1. The first-order chi connectivity index (χ1) is 12.5. The van der Waals surface area contributed by atoms with Gasteiger partial charge in [0.25, 0.3) is 5.91 Å². The van der Waals surface area contributed by atoms with Crippen molar-refractivity contribution >= 4 is 68.6 Å². The highest BCUT2D eigenvalue weighted by molar-refractivity contribution is 14.1. The number of rotatable bonds is 5. The van der Waals surface area contributed by atoms with Gasteiger partial charge in [-0.25, -0.2) is 0 Å². The number of amides is 1. The molecule has 0 aliphatic carbocycles. The molecule has 1 aliphatic rings. The fraction of sp³-hybridized carbons (Fsp3) is 0.158. The summed E-state index contributed by atoms with van der Waals surface area (Å²) in [6.07, 6.45) is 1.86. The summed E-state index contributed by atoms with van der Waals surface area (Å²) in [4.78, 5) is 14.9. The molecule has 2 aromatic rings. The Morgan fingerprint density at radius 1 is 1.27 bits per heavy atom. The molecule has 2 aromatic carbocycles. The molecule has 4 nitrogen and oxygen atoms in total. The molecule has 1 N–H and O–H groups in total. The quantitative estimate of drug-likeness (QED) is 0.363. The second-order valence-electron chi connectivity index (χ2n) is 5.68. The molecule has 0 atom stereocenters. The van der Waals surface area contributed by atoms with Crippen LogP contribution in [0.5, 0.6) is 5.75 Å². The summed E-state index contributed by atoms with van der Waals surface area (Å²) in [5.41, 5.74) is 3.07. The third kappa shape index (κ3) is 4.39. The van der Waals surface area contributed by atoms with Gasteiger partial charge in [0.1, 0.15) is 10.1 Å². The van der Waals surface area contributed by atoms with Crippen LogP contribution >= 0.6 is 46.6 Å². The number of benzene rings is 2. The number of halogens is 1. The van der Waals surface area contributed by atoms with Gasteiger partial charge in [0.2, 0.25) is 0 Å². The third-order valence-electron chi connectivity index (χ3n) is 3.90.